The Morgan fingerprint density at radius 3 is 2.77 bits per heavy atom. The zero-order valence-corrected chi connectivity index (χ0v) is 24.4. The summed E-state index contributed by atoms with van der Waals surface area (Å²) in [5, 5.41) is 15.2. The molecule has 0 N–H and O–H groups in total. The largest absolute Gasteiger partial charge is 0.459 e. The van der Waals surface area contributed by atoms with E-state index in [4.69, 9.17) is 9.47 Å². The number of aromatic nitrogens is 5. The Hall–Kier alpha value is -3.81. The van der Waals surface area contributed by atoms with Crippen LogP contribution >= 0.6 is 0 Å². The second kappa shape index (κ2) is 12.1. The molecule has 1 saturated carbocycles. The predicted octanol–water partition coefficient (Wildman–Crippen LogP) is 6.09. The van der Waals surface area contributed by atoms with Crippen LogP contribution in [0.4, 0.5) is 0 Å². The van der Waals surface area contributed by atoms with Gasteiger partial charge in [-0.2, -0.15) is 10.4 Å². The molecule has 0 spiro atoms. The van der Waals surface area contributed by atoms with Crippen molar-refractivity contribution >= 4 is 25.1 Å². The van der Waals surface area contributed by atoms with E-state index in [1.165, 1.54) is 0 Å². The van der Waals surface area contributed by atoms with Crippen LogP contribution in [0.15, 0.2) is 61.3 Å². The number of carbonyl (C=O) groups excluding carboxylic acids is 1. The lowest BCUT2D eigenvalue weighted by molar-refractivity contribution is 0.0302. The molecule has 1 aliphatic rings. The third-order valence-electron chi connectivity index (χ3n) is 7.55. The molecule has 5 rings (SSSR count). The summed E-state index contributed by atoms with van der Waals surface area (Å²) >= 11 is 0. The molecule has 0 saturated heterocycles. The summed E-state index contributed by atoms with van der Waals surface area (Å²) in [6.07, 6.45) is 9.84. The number of hydrogen-bond acceptors (Lipinski definition) is 7. The highest BCUT2D eigenvalue weighted by atomic mass is 28.3. The van der Waals surface area contributed by atoms with E-state index in [0.717, 1.165) is 47.8 Å². The smallest absolute Gasteiger partial charge is 0.338 e. The summed E-state index contributed by atoms with van der Waals surface area (Å²) in [5.41, 5.74) is 3.05. The summed E-state index contributed by atoms with van der Waals surface area (Å²) in [4.78, 5) is 21.6. The molecule has 1 fully saturated rings. The predicted molar refractivity (Wildman–Crippen MR) is 155 cm³/mol. The van der Waals surface area contributed by atoms with Crippen molar-refractivity contribution < 1.29 is 14.3 Å². The van der Waals surface area contributed by atoms with Crippen LogP contribution in [0.25, 0.3) is 22.3 Å². The zero-order chi connectivity index (χ0) is 28.1. The topological polar surface area (TPSA) is 108 Å². The van der Waals surface area contributed by atoms with Crippen LogP contribution < -0.4 is 0 Å². The first-order valence-corrected chi connectivity index (χ1v) is 17.6. The number of esters is 1. The summed E-state index contributed by atoms with van der Waals surface area (Å²) < 4.78 is 15.6. The molecule has 208 valence electrons. The molecule has 0 bridgehead atoms. The summed E-state index contributed by atoms with van der Waals surface area (Å²) in [5.74, 6) is -0.119. The highest BCUT2D eigenvalue weighted by Gasteiger charge is 2.34. The van der Waals surface area contributed by atoms with Crippen molar-refractivity contribution in [2.24, 2.45) is 5.92 Å². The van der Waals surface area contributed by atoms with Crippen molar-refractivity contribution in [3.63, 3.8) is 0 Å². The quantitative estimate of drug-likeness (QED) is 0.125. The number of carbonyl (C=O) groups is 1. The van der Waals surface area contributed by atoms with E-state index >= 15 is 0 Å². The van der Waals surface area contributed by atoms with E-state index in [9.17, 15) is 10.1 Å². The highest BCUT2D eigenvalue weighted by Crippen LogP contribution is 2.38. The van der Waals surface area contributed by atoms with Crippen LogP contribution in [-0.4, -0.2) is 51.1 Å². The van der Waals surface area contributed by atoms with Crippen molar-refractivity contribution in [2.45, 2.75) is 70.2 Å². The number of ether oxygens (including phenoxy) is 2. The maximum absolute atomic E-state index is 12.5. The van der Waals surface area contributed by atoms with E-state index in [1.807, 2.05) is 45.9 Å². The molecule has 3 aromatic heterocycles. The molecule has 4 aromatic rings. The Morgan fingerprint density at radius 2 is 2.00 bits per heavy atom. The fourth-order valence-electron chi connectivity index (χ4n) is 5.31. The molecule has 10 heteroatoms. The van der Waals surface area contributed by atoms with Crippen LogP contribution in [-0.2, 0) is 16.2 Å². The van der Waals surface area contributed by atoms with Crippen LogP contribution in [0.5, 0.6) is 0 Å². The van der Waals surface area contributed by atoms with Gasteiger partial charge in [-0.05, 0) is 49.4 Å². The molecule has 40 heavy (non-hydrogen) atoms. The lowest BCUT2D eigenvalue weighted by Gasteiger charge is -2.22. The normalized spacial score (nSPS) is 18.1. The lowest BCUT2D eigenvalue weighted by atomic mass is 9.96. The molecule has 1 aromatic carbocycles. The minimum Gasteiger partial charge on any atom is -0.459 e. The Labute approximate surface area is 235 Å². The second-order valence-electron chi connectivity index (χ2n) is 11.7. The van der Waals surface area contributed by atoms with Gasteiger partial charge in [-0.1, -0.05) is 37.8 Å². The van der Waals surface area contributed by atoms with Crippen molar-refractivity contribution in [1.29, 1.82) is 5.26 Å². The minimum absolute atomic E-state index is 0.110. The van der Waals surface area contributed by atoms with Crippen molar-refractivity contribution in [1.82, 2.24) is 24.3 Å². The summed E-state index contributed by atoms with van der Waals surface area (Å²) in [6, 6.07) is 14.4. The lowest BCUT2D eigenvalue weighted by Crippen LogP contribution is -2.22. The molecule has 0 radical (unpaired) electrons. The van der Waals surface area contributed by atoms with Crippen LogP contribution in [0.1, 0.15) is 42.1 Å². The third-order valence-corrected chi connectivity index (χ3v) is 9.25. The number of nitriles is 1. The molecule has 9 nitrogen and oxygen atoms in total. The SMILES string of the molecule is C[Si](C)(C)CCOCn1ccc2c(-c3cnn(C(CC#N)[C@@H]4CC[C@@H](OC(=O)c5ccccc5)C4)c3)ncnc21. The average molecular weight is 557 g/mol. The molecule has 1 aliphatic carbocycles. The van der Waals surface area contributed by atoms with E-state index in [1.54, 1.807) is 24.7 Å². The molecule has 3 heterocycles. The number of hydrogen-bond donors (Lipinski definition) is 0. The average Bonchev–Trinajstić information content (AvgIpc) is 3.70. The second-order valence-corrected chi connectivity index (χ2v) is 17.3. The standard InChI is InChI=1S/C30H36N6O3Si/c1-40(2,3)16-15-38-21-35-14-12-26-28(32-20-33-29(26)35)24-18-34-36(19-24)27(11-13-31)23-9-10-25(17-23)39-30(37)22-7-5-4-6-8-22/h4-8,12,14,18-20,23,25,27H,9-11,15-17,21H2,1-3H3/t23-,25-,27?/m1/s1. The number of fused-ring (bicyclic) bond motifs is 1. The fourth-order valence-corrected chi connectivity index (χ4v) is 6.07. The monoisotopic (exact) mass is 556 g/mol. The Bertz CT molecular complexity index is 1490. The van der Waals surface area contributed by atoms with E-state index in [2.05, 4.69) is 40.8 Å². The minimum atomic E-state index is -1.15. The summed E-state index contributed by atoms with van der Waals surface area (Å²) in [7, 11) is -1.15. The molecule has 3 atom stereocenters. The van der Waals surface area contributed by atoms with Gasteiger partial charge < -0.3 is 14.0 Å². The van der Waals surface area contributed by atoms with Crippen molar-refractivity contribution in [3.8, 4) is 17.3 Å². The Balaban J connectivity index is 1.28. The fraction of sp³-hybridized carbons (Fsp3) is 0.433. The van der Waals surface area contributed by atoms with E-state index in [-0.39, 0.29) is 24.0 Å². The first kappa shape index (κ1) is 27.7. The van der Waals surface area contributed by atoms with Gasteiger partial charge in [-0.25, -0.2) is 14.8 Å². The maximum Gasteiger partial charge on any atom is 0.338 e. The van der Waals surface area contributed by atoms with E-state index in [0.29, 0.717) is 25.1 Å². The number of nitrogens with zero attached hydrogens (tertiary/aromatic N) is 6. The molecule has 1 unspecified atom stereocenters. The van der Waals surface area contributed by atoms with Crippen LogP contribution in [0.2, 0.25) is 25.7 Å². The number of benzene rings is 1. The molecular weight excluding hydrogens is 520 g/mol. The van der Waals surface area contributed by atoms with Gasteiger partial charge in [-0.15, -0.1) is 0 Å². The van der Waals surface area contributed by atoms with Crippen molar-refractivity contribution in [2.75, 3.05) is 6.61 Å². The first-order valence-electron chi connectivity index (χ1n) is 13.9. The van der Waals surface area contributed by atoms with Crippen LogP contribution in [0, 0.1) is 17.2 Å². The van der Waals surface area contributed by atoms with Gasteiger partial charge in [0.05, 0.1) is 36.0 Å². The molecular formula is C30H36N6O3Si. The van der Waals surface area contributed by atoms with Gasteiger partial charge in [0.2, 0.25) is 0 Å². The Morgan fingerprint density at radius 1 is 1.18 bits per heavy atom. The van der Waals surface area contributed by atoms with Gasteiger partial charge in [0.1, 0.15) is 24.8 Å². The van der Waals surface area contributed by atoms with Crippen molar-refractivity contribution in [3.05, 3.63) is 66.9 Å². The van der Waals surface area contributed by atoms with Gasteiger partial charge in [0.15, 0.2) is 0 Å². The highest BCUT2D eigenvalue weighted by molar-refractivity contribution is 6.76. The maximum atomic E-state index is 12.5. The molecule has 0 amide bonds. The Kier molecular flexibility index (Phi) is 8.42. The summed E-state index contributed by atoms with van der Waals surface area (Å²) in [6.45, 7) is 8.22. The number of rotatable bonds is 11. The van der Waals surface area contributed by atoms with Gasteiger partial charge >= 0.3 is 5.97 Å². The first-order chi connectivity index (χ1) is 19.3. The van der Waals surface area contributed by atoms with Gasteiger partial charge in [-0.3, -0.25) is 4.68 Å². The van der Waals surface area contributed by atoms with Gasteiger partial charge in [0.25, 0.3) is 0 Å². The van der Waals surface area contributed by atoms with Crippen LogP contribution in [0.3, 0.4) is 0 Å². The molecule has 0 aliphatic heterocycles. The van der Waals surface area contributed by atoms with E-state index < -0.39 is 8.07 Å². The third kappa shape index (κ3) is 6.49. The van der Waals surface area contributed by atoms with Gasteiger partial charge in [0, 0.05) is 38.0 Å². The zero-order valence-electron chi connectivity index (χ0n) is 23.4.